The van der Waals surface area contributed by atoms with Crippen LogP contribution in [0.15, 0.2) is 18.2 Å². The second-order valence-corrected chi connectivity index (χ2v) is 7.28. The molecule has 1 aromatic rings. The molecule has 128 valence electrons. The van der Waals surface area contributed by atoms with Crippen LogP contribution in [0.4, 0.5) is 10.5 Å². The number of anilines is 1. The van der Waals surface area contributed by atoms with E-state index in [1.807, 2.05) is 32.9 Å². The summed E-state index contributed by atoms with van der Waals surface area (Å²) in [6, 6.07) is 5.42. The van der Waals surface area contributed by atoms with Crippen LogP contribution in [-0.2, 0) is 4.74 Å². The minimum absolute atomic E-state index is 0.0529. The van der Waals surface area contributed by atoms with Crippen LogP contribution in [0.2, 0.25) is 0 Å². The highest BCUT2D eigenvalue weighted by atomic mass is 16.6. The summed E-state index contributed by atoms with van der Waals surface area (Å²) in [5.41, 5.74) is 0.956. The van der Waals surface area contributed by atoms with Crippen molar-refractivity contribution < 1.29 is 14.6 Å². The van der Waals surface area contributed by atoms with Gasteiger partial charge in [0.25, 0.3) is 0 Å². The van der Waals surface area contributed by atoms with Gasteiger partial charge in [-0.1, -0.05) is 13.0 Å². The largest absolute Gasteiger partial charge is 0.506 e. The Bertz CT molecular complexity index is 546. The summed E-state index contributed by atoms with van der Waals surface area (Å²) < 4.78 is 5.24. The Morgan fingerprint density at radius 3 is 2.61 bits per heavy atom. The maximum atomic E-state index is 11.9. The van der Waals surface area contributed by atoms with Crippen LogP contribution in [0, 0.1) is 5.92 Å². The fraction of sp³-hybridized carbons (Fsp3) is 0.611. The summed E-state index contributed by atoms with van der Waals surface area (Å²) >= 11 is 0. The van der Waals surface area contributed by atoms with E-state index in [2.05, 4.69) is 17.6 Å². The molecule has 0 aliphatic carbocycles. The number of phenolic OH excluding ortho intramolecular Hbond substituents is 1. The Morgan fingerprint density at radius 2 is 2.00 bits per heavy atom. The van der Waals surface area contributed by atoms with Crippen LogP contribution in [-0.4, -0.2) is 29.9 Å². The maximum Gasteiger partial charge on any atom is 0.412 e. The van der Waals surface area contributed by atoms with Crippen LogP contribution in [0.1, 0.15) is 52.0 Å². The summed E-state index contributed by atoms with van der Waals surface area (Å²) in [5, 5.41) is 16.0. The fourth-order valence-corrected chi connectivity index (χ4v) is 2.97. The maximum absolute atomic E-state index is 11.9. The molecule has 1 fully saturated rings. The van der Waals surface area contributed by atoms with E-state index in [1.165, 1.54) is 0 Å². The number of aromatic hydroxyl groups is 1. The predicted octanol–water partition coefficient (Wildman–Crippen LogP) is 3.84. The van der Waals surface area contributed by atoms with Gasteiger partial charge in [-0.2, -0.15) is 0 Å². The van der Waals surface area contributed by atoms with Gasteiger partial charge in [0.2, 0.25) is 0 Å². The van der Waals surface area contributed by atoms with Crippen LogP contribution in [0.5, 0.6) is 5.75 Å². The molecule has 1 aliphatic heterocycles. The van der Waals surface area contributed by atoms with Crippen molar-refractivity contribution in [1.82, 2.24) is 5.32 Å². The SMILES string of the molecule is CC(c1ccc(O)c(NC(=O)OC(C)(C)C)c1)C1CCNCC1. The Hall–Kier alpha value is -1.75. The molecule has 2 rings (SSSR count). The number of carbonyl (C=O) groups is 1. The molecule has 5 heteroatoms. The van der Waals surface area contributed by atoms with E-state index in [0.29, 0.717) is 17.5 Å². The first-order valence-corrected chi connectivity index (χ1v) is 8.30. The van der Waals surface area contributed by atoms with Crippen molar-refractivity contribution in [3.8, 4) is 5.75 Å². The van der Waals surface area contributed by atoms with E-state index in [4.69, 9.17) is 4.74 Å². The number of hydrogen-bond donors (Lipinski definition) is 3. The van der Waals surface area contributed by atoms with Gasteiger partial charge in [0.1, 0.15) is 11.4 Å². The number of nitrogens with one attached hydrogen (secondary N) is 2. The second kappa shape index (κ2) is 7.21. The molecule has 3 N–H and O–H groups in total. The van der Waals surface area contributed by atoms with Crippen molar-refractivity contribution in [3.63, 3.8) is 0 Å². The molecule has 5 nitrogen and oxygen atoms in total. The molecule has 0 radical (unpaired) electrons. The van der Waals surface area contributed by atoms with E-state index in [1.54, 1.807) is 6.07 Å². The number of piperidine rings is 1. The highest BCUT2D eigenvalue weighted by Gasteiger charge is 2.23. The Labute approximate surface area is 138 Å². The molecule has 1 amide bonds. The monoisotopic (exact) mass is 320 g/mol. The van der Waals surface area contributed by atoms with Gasteiger partial charge in [0, 0.05) is 0 Å². The van der Waals surface area contributed by atoms with Gasteiger partial charge in [-0.3, -0.25) is 5.32 Å². The molecule has 23 heavy (non-hydrogen) atoms. The number of rotatable bonds is 3. The normalized spacial score (nSPS) is 17.6. The molecule has 0 spiro atoms. The Balaban J connectivity index is 2.10. The van der Waals surface area contributed by atoms with Crippen LogP contribution >= 0.6 is 0 Å². The van der Waals surface area contributed by atoms with E-state index >= 15 is 0 Å². The van der Waals surface area contributed by atoms with Crippen molar-refractivity contribution in [1.29, 1.82) is 0 Å². The fourth-order valence-electron chi connectivity index (χ4n) is 2.97. The molecular weight excluding hydrogens is 292 g/mol. The molecule has 1 heterocycles. The number of phenols is 1. The van der Waals surface area contributed by atoms with Crippen molar-refractivity contribution in [2.75, 3.05) is 18.4 Å². The Kier molecular flexibility index (Phi) is 5.52. The van der Waals surface area contributed by atoms with E-state index in [0.717, 1.165) is 31.5 Å². The zero-order chi connectivity index (χ0) is 17.0. The van der Waals surface area contributed by atoms with Gasteiger partial charge in [0.05, 0.1) is 5.69 Å². The minimum Gasteiger partial charge on any atom is -0.506 e. The minimum atomic E-state index is -0.570. The molecule has 1 atom stereocenters. The van der Waals surface area contributed by atoms with Gasteiger partial charge in [-0.15, -0.1) is 0 Å². The standard InChI is InChI=1S/C18H28N2O3/c1-12(13-7-9-19-10-8-13)14-5-6-16(21)15(11-14)20-17(22)23-18(2,3)4/h5-6,11-13,19,21H,7-10H2,1-4H3,(H,20,22). The Morgan fingerprint density at radius 1 is 1.35 bits per heavy atom. The highest BCUT2D eigenvalue weighted by Crippen LogP contribution is 2.34. The number of carbonyl (C=O) groups excluding carboxylic acids is 1. The van der Waals surface area contributed by atoms with Crippen molar-refractivity contribution in [2.45, 2.75) is 52.1 Å². The topological polar surface area (TPSA) is 70.6 Å². The van der Waals surface area contributed by atoms with Crippen LogP contribution in [0.3, 0.4) is 0 Å². The quantitative estimate of drug-likeness (QED) is 0.740. The van der Waals surface area contributed by atoms with Crippen LogP contribution in [0.25, 0.3) is 0 Å². The van der Waals surface area contributed by atoms with E-state index in [9.17, 15) is 9.90 Å². The van der Waals surface area contributed by atoms with Gasteiger partial charge in [0.15, 0.2) is 0 Å². The summed E-state index contributed by atoms with van der Waals surface area (Å²) in [6.07, 6.45) is 1.74. The third-order valence-corrected chi connectivity index (χ3v) is 4.27. The predicted molar refractivity (Wildman–Crippen MR) is 92.0 cm³/mol. The second-order valence-electron chi connectivity index (χ2n) is 7.28. The number of amides is 1. The molecule has 0 aromatic heterocycles. The van der Waals surface area contributed by atoms with Crippen LogP contribution < -0.4 is 10.6 Å². The molecular formula is C18H28N2O3. The summed E-state index contributed by atoms with van der Waals surface area (Å²) in [6.45, 7) is 9.73. The van der Waals surface area contributed by atoms with E-state index < -0.39 is 11.7 Å². The number of benzene rings is 1. The lowest BCUT2D eigenvalue weighted by Gasteiger charge is -2.29. The number of ether oxygens (including phenoxy) is 1. The van der Waals surface area contributed by atoms with Gasteiger partial charge in [-0.05, 0) is 76.2 Å². The molecule has 0 bridgehead atoms. The van der Waals surface area contributed by atoms with Gasteiger partial charge < -0.3 is 15.2 Å². The smallest absolute Gasteiger partial charge is 0.412 e. The third kappa shape index (κ3) is 5.13. The lowest BCUT2D eigenvalue weighted by molar-refractivity contribution is 0.0635. The first-order valence-electron chi connectivity index (χ1n) is 8.30. The van der Waals surface area contributed by atoms with Crippen molar-refractivity contribution in [2.24, 2.45) is 5.92 Å². The van der Waals surface area contributed by atoms with Gasteiger partial charge >= 0.3 is 6.09 Å². The van der Waals surface area contributed by atoms with Gasteiger partial charge in [-0.25, -0.2) is 4.79 Å². The van der Waals surface area contributed by atoms with Crippen molar-refractivity contribution >= 4 is 11.8 Å². The molecule has 1 aliphatic rings. The molecule has 0 saturated carbocycles. The molecule has 1 saturated heterocycles. The number of hydrogen-bond acceptors (Lipinski definition) is 4. The van der Waals surface area contributed by atoms with Crippen molar-refractivity contribution in [3.05, 3.63) is 23.8 Å². The first-order chi connectivity index (χ1) is 10.8. The summed E-state index contributed by atoms with van der Waals surface area (Å²) in [5.74, 6) is 1.06. The summed E-state index contributed by atoms with van der Waals surface area (Å²) in [7, 11) is 0. The average molecular weight is 320 g/mol. The lowest BCUT2D eigenvalue weighted by atomic mass is 9.81. The lowest BCUT2D eigenvalue weighted by Crippen LogP contribution is -2.30. The summed E-state index contributed by atoms with van der Waals surface area (Å²) in [4.78, 5) is 11.9. The molecule has 1 aromatic carbocycles. The zero-order valence-corrected chi connectivity index (χ0v) is 14.5. The van der Waals surface area contributed by atoms with E-state index in [-0.39, 0.29) is 5.75 Å². The highest BCUT2D eigenvalue weighted by molar-refractivity contribution is 5.87. The molecule has 1 unspecified atom stereocenters. The first kappa shape index (κ1) is 17.6. The zero-order valence-electron chi connectivity index (χ0n) is 14.5. The average Bonchev–Trinajstić information content (AvgIpc) is 2.48. The third-order valence-electron chi connectivity index (χ3n) is 4.27.